The quantitative estimate of drug-likeness (QED) is 0.120. The van der Waals surface area contributed by atoms with Gasteiger partial charge in [0.15, 0.2) is 17.1 Å². The first-order valence-corrected chi connectivity index (χ1v) is 14.9. The van der Waals surface area contributed by atoms with Crippen LogP contribution in [0.2, 0.25) is 0 Å². The number of alkyl halides is 3. The number of nitrogens with zero attached hydrogens (tertiary/aromatic N) is 3. The van der Waals surface area contributed by atoms with Crippen molar-refractivity contribution in [1.82, 2.24) is 4.90 Å². The Kier molecular flexibility index (Phi) is 8.80. The number of anilines is 2. The van der Waals surface area contributed by atoms with Crippen molar-refractivity contribution in [1.29, 1.82) is 0 Å². The number of carbonyl (C=O) groups excluding carboxylic acids is 3. The van der Waals surface area contributed by atoms with Gasteiger partial charge in [-0.3, -0.25) is 19.3 Å². The number of Topliss-reactive ketones (excluding diaryl/α,β-unsaturated/α-hetero) is 2. The van der Waals surface area contributed by atoms with E-state index in [1.807, 2.05) is 0 Å². The third-order valence-corrected chi connectivity index (χ3v) is 8.98. The van der Waals surface area contributed by atoms with Crippen molar-refractivity contribution < 1.29 is 52.7 Å². The first-order valence-electron chi connectivity index (χ1n) is 14.9. The predicted octanol–water partition coefficient (Wildman–Crippen LogP) is 2.03. The Morgan fingerprint density at radius 2 is 1.73 bits per heavy atom. The lowest BCUT2D eigenvalue weighted by Gasteiger charge is -2.50. The highest BCUT2D eigenvalue weighted by molar-refractivity contribution is 6.24. The van der Waals surface area contributed by atoms with Crippen molar-refractivity contribution in [3.63, 3.8) is 0 Å². The summed E-state index contributed by atoms with van der Waals surface area (Å²) in [6.45, 7) is -0.116. The Labute approximate surface area is 277 Å². The number of aliphatic imine (C=N–C) groups is 1. The number of hydrogen-bond acceptors (Lipinski definition) is 12. The summed E-state index contributed by atoms with van der Waals surface area (Å²) in [5.74, 6) is -8.23. The molecule has 0 radical (unpaired) electrons. The third kappa shape index (κ3) is 5.99. The summed E-state index contributed by atoms with van der Waals surface area (Å²) in [6, 6.07) is 5.18. The number of ether oxygens (including phenoxy) is 1. The number of nitrogens with two attached hydrogens (primary N) is 2. The van der Waals surface area contributed by atoms with Crippen LogP contribution in [0.5, 0.6) is 11.5 Å². The minimum Gasteiger partial charge on any atom is -0.508 e. The molecule has 49 heavy (non-hydrogen) atoms. The van der Waals surface area contributed by atoms with E-state index in [1.54, 1.807) is 19.0 Å². The Balaban J connectivity index is 1.54. The second kappa shape index (κ2) is 12.3. The summed E-state index contributed by atoms with van der Waals surface area (Å²) in [7, 11) is 6.44. The van der Waals surface area contributed by atoms with Gasteiger partial charge in [-0.25, -0.2) is 4.99 Å². The van der Waals surface area contributed by atoms with E-state index in [2.05, 4.69) is 15.0 Å². The molecule has 0 heterocycles. The number of likely N-dealkylation sites (N-methyl/N-ethyl adjacent to an activating group) is 1. The van der Waals surface area contributed by atoms with E-state index in [-0.39, 0.29) is 42.0 Å². The molecule has 0 aliphatic heterocycles. The lowest BCUT2D eigenvalue weighted by molar-refractivity contribution is -0.274. The van der Waals surface area contributed by atoms with Crippen LogP contribution in [0.4, 0.5) is 30.2 Å². The molecule has 0 bridgehead atoms. The fourth-order valence-corrected chi connectivity index (χ4v) is 6.92. The van der Waals surface area contributed by atoms with E-state index in [9.17, 15) is 48.0 Å². The van der Waals surface area contributed by atoms with E-state index in [0.29, 0.717) is 16.9 Å². The van der Waals surface area contributed by atoms with Gasteiger partial charge >= 0.3 is 6.36 Å². The number of primary amides is 1. The van der Waals surface area contributed by atoms with E-state index in [1.165, 1.54) is 37.2 Å². The lowest BCUT2D eigenvalue weighted by Crippen LogP contribution is -2.65. The number of halogens is 3. The minimum absolute atomic E-state index is 0.0682. The van der Waals surface area contributed by atoms with Crippen LogP contribution in [0.25, 0.3) is 5.76 Å². The maximum absolute atomic E-state index is 14.1. The maximum Gasteiger partial charge on any atom is 0.573 e. The van der Waals surface area contributed by atoms with Gasteiger partial charge in [-0.15, -0.1) is 13.2 Å². The summed E-state index contributed by atoms with van der Waals surface area (Å²) in [6.07, 6.45) is -4.84. The fourth-order valence-electron chi connectivity index (χ4n) is 6.92. The number of amidine groups is 1. The molecule has 9 N–H and O–H groups in total. The van der Waals surface area contributed by atoms with E-state index in [0.717, 1.165) is 12.1 Å². The summed E-state index contributed by atoms with van der Waals surface area (Å²) in [5.41, 5.74) is 8.53. The average Bonchev–Trinajstić information content (AvgIpc) is 2.98. The topological polar surface area (TPSA) is 224 Å². The molecule has 1 saturated carbocycles. The molecule has 0 spiro atoms. The standard InChI is InChI=1S/C32H35F3N6O8/c1-40(2)19-11-18(39-20(36)12-38-14-5-7-15(8-6-14)49-32(33,34)35)25(42)22-16(19)9-13-10-17-24(41(3)4)27(44)23(30(37)47)29(46)31(17,48)28(45)21(13)26(22)43/h5-8,11,13,17,24,38,42-43,46,48H,9-10,12H2,1-4H3,(H2,36,39)(H2,37,47)/t13?,17?,24-,31-/m0/s1. The number of carbonyl (C=O) groups is 3. The Hall–Kier alpha value is -5.29. The van der Waals surface area contributed by atoms with E-state index >= 15 is 0 Å². The molecule has 17 heteroatoms. The van der Waals surface area contributed by atoms with Crippen molar-refractivity contribution >= 4 is 46.1 Å². The Bertz CT molecular complexity index is 1840. The van der Waals surface area contributed by atoms with E-state index < -0.39 is 75.9 Å². The molecule has 0 saturated heterocycles. The molecule has 1 fully saturated rings. The van der Waals surface area contributed by atoms with Crippen LogP contribution in [-0.2, 0) is 20.8 Å². The third-order valence-electron chi connectivity index (χ3n) is 8.98. The van der Waals surface area contributed by atoms with Crippen LogP contribution in [0.3, 0.4) is 0 Å². The number of phenolic OH excluding ortho intramolecular Hbond substituents is 1. The normalized spacial score (nSPS) is 24.0. The van der Waals surface area contributed by atoms with Crippen molar-refractivity contribution in [2.24, 2.45) is 28.3 Å². The predicted molar refractivity (Wildman–Crippen MR) is 171 cm³/mol. The van der Waals surface area contributed by atoms with Gasteiger partial charge in [-0.05, 0) is 68.8 Å². The van der Waals surface area contributed by atoms with Crippen molar-refractivity contribution in [2.45, 2.75) is 30.8 Å². The van der Waals surface area contributed by atoms with E-state index in [4.69, 9.17) is 11.5 Å². The van der Waals surface area contributed by atoms with Crippen molar-refractivity contribution in [3.8, 4) is 11.5 Å². The zero-order valence-corrected chi connectivity index (χ0v) is 26.8. The Morgan fingerprint density at radius 3 is 2.29 bits per heavy atom. The first-order chi connectivity index (χ1) is 22.8. The SMILES string of the molecule is CN(C)c1cc(N=C(N)CNc2ccc(OC(F)(F)F)cc2)c(O)c2c1CC1CC3[C@H](N(C)C)C(=O)C(C(N)=O)=C(O)[C@@]3(O)C(=O)C1=C2O. The van der Waals surface area contributed by atoms with Crippen LogP contribution in [0, 0.1) is 11.8 Å². The molecule has 3 aliphatic rings. The van der Waals surface area contributed by atoms with Gasteiger partial charge in [0.25, 0.3) is 5.91 Å². The number of aliphatic hydroxyl groups is 3. The smallest absolute Gasteiger partial charge is 0.508 e. The fraction of sp³-hybridized carbons (Fsp3) is 0.375. The average molecular weight is 689 g/mol. The van der Waals surface area contributed by atoms with Crippen molar-refractivity contribution in [3.05, 3.63) is 58.4 Å². The van der Waals surface area contributed by atoms with Crippen LogP contribution in [-0.4, -0.2) is 101 Å². The lowest BCUT2D eigenvalue weighted by atomic mass is 9.57. The number of amides is 1. The monoisotopic (exact) mass is 688 g/mol. The number of phenols is 1. The number of aliphatic hydroxyl groups excluding tert-OH is 2. The highest BCUT2D eigenvalue weighted by Gasteiger charge is 2.64. The molecule has 2 aromatic carbocycles. The van der Waals surface area contributed by atoms with Gasteiger partial charge < -0.3 is 46.8 Å². The molecule has 3 aliphatic carbocycles. The second-order valence-corrected chi connectivity index (χ2v) is 12.5. The molecule has 1 amide bonds. The zero-order chi connectivity index (χ0) is 36.3. The first kappa shape index (κ1) is 35.0. The molecule has 5 rings (SSSR count). The van der Waals surface area contributed by atoms with Crippen LogP contribution in [0.1, 0.15) is 17.5 Å². The van der Waals surface area contributed by atoms with Crippen LogP contribution in [0.15, 0.2) is 52.2 Å². The number of benzene rings is 2. The highest BCUT2D eigenvalue weighted by Crippen LogP contribution is 2.55. The minimum atomic E-state index is -4.84. The summed E-state index contributed by atoms with van der Waals surface area (Å²) in [5, 5.41) is 48.8. The Morgan fingerprint density at radius 1 is 1.10 bits per heavy atom. The molecular formula is C32H35F3N6O8. The van der Waals surface area contributed by atoms with Gasteiger partial charge in [0, 0.05) is 37.0 Å². The number of aromatic hydroxyl groups is 1. The molecular weight excluding hydrogens is 653 g/mol. The molecule has 0 aromatic heterocycles. The number of hydrogen-bond donors (Lipinski definition) is 7. The van der Waals surface area contributed by atoms with Gasteiger partial charge in [-0.1, -0.05) is 0 Å². The highest BCUT2D eigenvalue weighted by atomic mass is 19.4. The van der Waals surface area contributed by atoms with Gasteiger partial charge in [0.2, 0.25) is 5.78 Å². The summed E-state index contributed by atoms with van der Waals surface area (Å²) in [4.78, 5) is 47.0. The molecule has 14 nitrogen and oxygen atoms in total. The largest absolute Gasteiger partial charge is 0.573 e. The zero-order valence-electron chi connectivity index (χ0n) is 26.8. The molecule has 2 aromatic rings. The molecule has 4 atom stereocenters. The molecule has 262 valence electrons. The number of fused-ring (bicyclic) bond motifs is 3. The molecule has 2 unspecified atom stereocenters. The summed E-state index contributed by atoms with van der Waals surface area (Å²) >= 11 is 0. The van der Waals surface area contributed by atoms with Crippen LogP contribution >= 0.6 is 0 Å². The number of rotatable bonds is 8. The number of ketones is 2. The number of nitrogens with one attached hydrogen (secondary N) is 1. The van der Waals surface area contributed by atoms with Gasteiger partial charge in [0.05, 0.1) is 18.2 Å². The summed E-state index contributed by atoms with van der Waals surface area (Å²) < 4.78 is 41.2. The van der Waals surface area contributed by atoms with Gasteiger partial charge in [0.1, 0.15) is 34.4 Å². The second-order valence-electron chi connectivity index (χ2n) is 12.5. The van der Waals surface area contributed by atoms with Crippen molar-refractivity contribution in [2.75, 3.05) is 45.0 Å². The maximum atomic E-state index is 14.1. The van der Waals surface area contributed by atoms with Crippen LogP contribution < -0.4 is 26.4 Å². The van der Waals surface area contributed by atoms with Gasteiger partial charge in [-0.2, -0.15) is 0 Å².